The first-order chi connectivity index (χ1) is 17.0. The van der Waals surface area contributed by atoms with Crippen molar-refractivity contribution in [1.82, 2.24) is 16.0 Å². The summed E-state index contributed by atoms with van der Waals surface area (Å²) in [7, 11) is 0. The first-order valence-corrected chi connectivity index (χ1v) is 11.8. The van der Waals surface area contributed by atoms with Crippen LogP contribution in [0.4, 0.5) is 0 Å². The molecule has 1 aromatic carbocycles. The van der Waals surface area contributed by atoms with Gasteiger partial charge in [0, 0.05) is 6.42 Å². The molecule has 0 spiro atoms. The van der Waals surface area contributed by atoms with Gasteiger partial charge in [0.25, 0.3) is 0 Å². The van der Waals surface area contributed by atoms with Crippen molar-refractivity contribution in [3.63, 3.8) is 0 Å². The smallest absolute Gasteiger partial charge is 0.326 e. The number of carboxylic acid groups (broad SMARTS) is 2. The highest BCUT2D eigenvalue weighted by molar-refractivity contribution is 5.95. The van der Waals surface area contributed by atoms with Crippen LogP contribution in [-0.4, -0.2) is 70.6 Å². The topological polar surface area (TPSA) is 214 Å². The quantitative estimate of drug-likeness (QED) is 0.141. The van der Waals surface area contributed by atoms with Crippen LogP contribution in [0.5, 0.6) is 0 Å². The maximum absolute atomic E-state index is 12.9. The minimum atomic E-state index is -1.57. The molecule has 4 unspecified atom stereocenters. The zero-order chi connectivity index (χ0) is 27.3. The summed E-state index contributed by atoms with van der Waals surface area (Å²) in [6.07, 6.45) is 0.882. The number of aliphatic carboxylic acids is 2. The fourth-order valence-electron chi connectivity index (χ4n) is 3.40. The monoisotopic (exact) mass is 507 g/mol. The van der Waals surface area contributed by atoms with E-state index in [1.54, 1.807) is 44.2 Å². The van der Waals surface area contributed by atoms with Crippen LogP contribution in [0.2, 0.25) is 0 Å². The molecular weight excluding hydrogens is 470 g/mol. The Bertz CT molecular complexity index is 894. The SMILES string of the molecule is CC(C)C(NC(=O)C(N)CCCCN)C(=O)NC(CC(=O)O)C(=O)NC(Cc1ccccc1)C(=O)O. The third kappa shape index (κ3) is 10.8. The lowest BCUT2D eigenvalue weighted by molar-refractivity contribution is -0.143. The first-order valence-electron chi connectivity index (χ1n) is 11.8. The van der Waals surface area contributed by atoms with Crippen LogP contribution in [0.15, 0.2) is 30.3 Å². The molecule has 0 saturated heterocycles. The van der Waals surface area contributed by atoms with Crippen molar-refractivity contribution in [3.8, 4) is 0 Å². The number of rotatable bonds is 16. The van der Waals surface area contributed by atoms with Crippen LogP contribution in [0.1, 0.15) is 45.1 Å². The van der Waals surface area contributed by atoms with Gasteiger partial charge < -0.3 is 37.6 Å². The van der Waals surface area contributed by atoms with Gasteiger partial charge >= 0.3 is 11.9 Å². The highest BCUT2D eigenvalue weighted by Crippen LogP contribution is 2.08. The second-order valence-corrected chi connectivity index (χ2v) is 8.87. The number of hydrogen-bond donors (Lipinski definition) is 7. The number of carbonyl (C=O) groups excluding carboxylic acids is 3. The summed E-state index contributed by atoms with van der Waals surface area (Å²) in [6.45, 7) is 3.79. The standard InChI is InChI=1S/C24H37N5O7/c1-14(2)20(29-21(32)16(26)10-6-7-11-25)23(34)27-17(13-19(30)31)22(33)28-18(24(35)36)12-15-8-4-3-5-9-15/h3-5,8-9,14,16-18,20H,6-7,10-13,25-26H2,1-2H3,(H,27,34)(H,28,33)(H,29,32)(H,30,31)(H,35,36). The van der Waals surface area contributed by atoms with Gasteiger partial charge in [-0.05, 0) is 30.9 Å². The molecule has 0 bridgehead atoms. The lowest BCUT2D eigenvalue weighted by Crippen LogP contribution is -2.58. The highest BCUT2D eigenvalue weighted by Gasteiger charge is 2.32. The van der Waals surface area contributed by atoms with Crippen LogP contribution in [-0.2, 0) is 30.4 Å². The lowest BCUT2D eigenvalue weighted by atomic mass is 10.0. The molecule has 0 fully saturated rings. The van der Waals surface area contributed by atoms with Crippen molar-refractivity contribution in [2.45, 2.75) is 70.1 Å². The fourth-order valence-corrected chi connectivity index (χ4v) is 3.40. The van der Waals surface area contributed by atoms with Crippen LogP contribution < -0.4 is 27.4 Å². The molecule has 4 atom stereocenters. The molecule has 36 heavy (non-hydrogen) atoms. The molecule has 0 aromatic heterocycles. The Labute approximate surface area is 210 Å². The van der Waals surface area contributed by atoms with E-state index < -0.39 is 66.2 Å². The highest BCUT2D eigenvalue weighted by atomic mass is 16.4. The Morgan fingerprint density at radius 2 is 1.47 bits per heavy atom. The second kappa shape index (κ2) is 15.5. The van der Waals surface area contributed by atoms with Crippen molar-refractivity contribution in [2.75, 3.05) is 6.54 Å². The molecule has 0 radical (unpaired) electrons. The van der Waals surface area contributed by atoms with Crippen LogP contribution in [0.25, 0.3) is 0 Å². The van der Waals surface area contributed by atoms with Crippen LogP contribution in [0.3, 0.4) is 0 Å². The van der Waals surface area contributed by atoms with E-state index >= 15 is 0 Å². The lowest BCUT2D eigenvalue weighted by Gasteiger charge is -2.26. The summed E-state index contributed by atoms with van der Waals surface area (Å²) in [5.41, 5.74) is 12.0. The number of carbonyl (C=O) groups is 5. The molecule has 12 heteroatoms. The second-order valence-electron chi connectivity index (χ2n) is 8.87. The normalized spacial score (nSPS) is 14.2. The van der Waals surface area contributed by atoms with Gasteiger partial charge in [0.1, 0.15) is 18.1 Å². The maximum atomic E-state index is 12.9. The van der Waals surface area contributed by atoms with Gasteiger partial charge in [0.05, 0.1) is 12.5 Å². The number of carboxylic acids is 2. The number of nitrogens with one attached hydrogen (secondary N) is 3. The molecule has 12 nitrogen and oxygen atoms in total. The molecular formula is C24H37N5O7. The van der Waals surface area contributed by atoms with Crippen molar-refractivity contribution >= 4 is 29.7 Å². The number of amides is 3. The van der Waals surface area contributed by atoms with E-state index in [-0.39, 0.29) is 6.42 Å². The number of nitrogens with two attached hydrogens (primary N) is 2. The van der Waals surface area contributed by atoms with Crippen molar-refractivity contribution in [2.24, 2.45) is 17.4 Å². The van der Waals surface area contributed by atoms with E-state index in [0.717, 1.165) is 0 Å². The summed E-state index contributed by atoms with van der Waals surface area (Å²) in [6, 6.07) is 3.70. The van der Waals surface area contributed by atoms with Crippen molar-refractivity contribution < 1.29 is 34.2 Å². The summed E-state index contributed by atoms with van der Waals surface area (Å²) in [5.74, 6) is -5.43. The largest absolute Gasteiger partial charge is 0.481 e. The molecule has 0 aliphatic carbocycles. The Morgan fingerprint density at radius 3 is 2.00 bits per heavy atom. The van der Waals surface area contributed by atoms with E-state index in [4.69, 9.17) is 11.5 Å². The molecule has 200 valence electrons. The zero-order valence-corrected chi connectivity index (χ0v) is 20.6. The zero-order valence-electron chi connectivity index (χ0n) is 20.6. The number of benzene rings is 1. The summed E-state index contributed by atoms with van der Waals surface area (Å²) in [5, 5.41) is 26.0. The van der Waals surface area contributed by atoms with E-state index in [2.05, 4.69) is 16.0 Å². The third-order valence-corrected chi connectivity index (χ3v) is 5.46. The molecule has 9 N–H and O–H groups in total. The summed E-state index contributed by atoms with van der Waals surface area (Å²) >= 11 is 0. The van der Waals surface area contributed by atoms with Gasteiger partial charge in [0.2, 0.25) is 17.7 Å². The average Bonchev–Trinajstić information content (AvgIpc) is 2.81. The minimum Gasteiger partial charge on any atom is -0.481 e. The predicted molar refractivity (Wildman–Crippen MR) is 132 cm³/mol. The Kier molecular flexibility index (Phi) is 13.1. The predicted octanol–water partition coefficient (Wildman–Crippen LogP) is -0.645. The number of unbranched alkanes of at least 4 members (excludes halogenated alkanes) is 1. The summed E-state index contributed by atoms with van der Waals surface area (Å²) < 4.78 is 0. The van der Waals surface area contributed by atoms with Crippen LogP contribution >= 0.6 is 0 Å². The third-order valence-electron chi connectivity index (χ3n) is 5.46. The van der Waals surface area contributed by atoms with E-state index in [1.807, 2.05) is 0 Å². The van der Waals surface area contributed by atoms with E-state index in [9.17, 15) is 34.2 Å². The van der Waals surface area contributed by atoms with E-state index in [0.29, 0.717) is 31.4 Å². The van der Waals surface area contributed by atoms with Gasteiger partial charge in [-0.3, -0.25) is 19.2 Å². The molecule has 3 amide bonds. The van der Waals surface area contributed by atoms with Gasteiger partial charge in [-0.15, -0.1) is 0 Å². The van der Waals surface area contributed by atoms with Gasteiger partial charge in [-0.2, -0.15) is 0 Å². The van der Waals surface area contributed by atoms with Gasteiger partial charge in [0.15, 0.2) is 0 Å². The van der Waals surface area contributed by atoms with Crippen molar-refractivity contribution in [1.29, 1.82) is 0 Å². The Morgan fingerprint density at radius 1 is 0.861 bits per heavy atom. The van der Waals surface area contributed by atoms with E-state index in [1.165, 1.54) is 0 Å². The molecule has 1 rings (SSSR count). The molecule has 0 heterocycles. The number of hydrogen-bond acceptors (Lipinski definition) is 7. The van der Waals surface area contributed by atoms with Gasteiger partial charge in [-0.25, -0.2) is 4.79 Å². The molecule has 0 saturated carbocycles. The molecule has 0 aliphatic rings. The van der Waals surface area contributed by atoms with Crippen LogP contribution in [0, 0.1) is 5.92 Å². The molecule has 0 aliphatic heterocycles. The minimum absolute atomic E-state index is 0.0393. The maximum Gasteiger partial charge on any atom is 0.326 e. The average molecular weight is 508 g/mol. The Balaban J connectivity index is 2.93. The molecule has 1 aromatic rings. The Hall–Kier alpha value is -3.51. The van der Waals surface area contributed by atoms with Crippen molar-refractivity contribution in [3.05, 3.63) is 35.9 Å². The van der Waals surface area contributed by atoms with Gasteiger partial charge in [-0.1, -0.05) is 50.6 Å². The first kappa shape index (κ1) is 30.5. The summed E-state index contributed by atoms with van der Waals surface area (Å²) in [4.78, 5) is 61.3. The fraction of sp³-hybridized carbons (Fsp3) is 0.542.